The van der Waals surface area contributed by atoms with Crippen molar-refractivity contribution in [2.24, 2.45) is 0 Å². The molecule has 1 N–H and O–H groups in total. The third-order valence-corrected chi connectivity index (χ3v) is 3.98. The van der Waals surface area contributed by atoms with E-state index in [1.54, 1.807) is 13.2 Å². The monoisotopic (exact) mass is 307 g/mol. The Labute approximate surface area is 129 Å². The zero-order valence-electron chi connectivity index (χ0n) is 12.6. The minimum atomic E-state index is -0.332. The standard InChI is InChI=1S/C17H19ClFNO/c1-10-8-16(21-4)11(2)7-14(10)17(20-3)13-6-5-12(19)9-15(13)18/h5-9,17,20H,1-4H3. The van der Waals surface area contributed by atoms with Gasteiger partial charge in [-0.25, -0.2) is 4.39 Å². The summed E-state index contributed by atoms with van der Waals surface area (Å²) in [5.41, 5.74) is 4.10. The summed E-state index contributed by atoms with van der Waals surface area (Å²) >= 11 is 6.20. The number of methoxy groups -OCH3 is 1. The second kappa shape index (κ2) is 6.46. The lowest BCUT2D eigenvalue weighted by atomic mass is 9.93. The Morgan fingerprint density at radius 2 is 1.81 bits per heavy atom. The Kier molecular flexibility index (Phi) is 4.86. The van der Waals surface area contributed by atoms with Crippen LogP contribution in [0, 0.1) is 19.7 Å². The molecule has 0 aromatic heterocycles. The van der Waals surface area contributed by atoms with Gasteiger partial charge in [-0.05, 0) is 61.3 Å². The van der Waals surface area contributed by atoms with Gasteiger partial charge in [-0.2, -0.15) is 0 Å². The van der Waals surface area contributed by atoms with Gasteiger partial charge in [-0.1, -0.05) is 23.7 Å². The number of nitrogens with one attached hydrogen (secondary N) is 1. The predicted octanol–water partition coefficient (Wildman–Crippen LogP) is 4.41. The van der Waals surface area contributed by atoms with Crippen molar-refractivity contribution >= 4 is 11.6 Å². The van der Waals surface area contributed by atoms with Crippen molar-refractivity contribution in [1.29, 1.82) is 0 Å². The lowest BCUT2D eigenvalue weighted by molar-refractivity contribution is 0.411. The normalized spacial score (nSPS) is 12.3. The first-order valence-electron chi connectivity index (χ1n) is 6.75. The number of rotatable bonds is 4. The summed E-state index contributed by atoms with van der Waals surface area (Å²) in [6.07, 6.45) is 0. The van der Waals surface area contributed by atoms with Gasteiger partial charge in [0.1, 0.15) is 11.6 Å². The summed E-state index contributed by atoms with van der Waals surface area (Å²) in [5, 5.41) is 3.67. The van der Waals surface area contributed by atoms with E-state index in [1.165, 1.54) is 12.1 Å². The molecule has 0 amide bonds. The fourth-order valence-electron chi connectivity index (χ4n) is 2.56. The number of benzene rings is 2. The van der Waals surface area contributed by atoms with Crippen LogP contribution < -0.4 is 10.1 Å². The Morgan fingerprint density at radius 3 is 2.38 bits per heavy atom. The van der Waals surface area contributed by atoms with Crippen molar-refractivity contribution in [2.45, 2.75) is 19.9 Å². The van der Waals surface area contributed by atoms with Gasteiger partial charge in [0.25, 0.3) is 0 Å². The van der Waals surface area contributed by atoms with Crippen molar-refractivity contribution < 1.29 is 9.13 Å². The molecule has 0 aliphatic rings. The van der Waals surface area contributed by atoms with Gasteiger partial charge in [-0.15, -0.1) is 0 Å². The summed E-state index contributed by atoms with van der Waals surface area (Å²) in [4.78, 5) is 0. The molecule has 0 radical (unpaired) electrons. The van der Waals surface area contributed by atoms with E-state index in [-0.39, 0.29) is 11.9 Å². The average Bonchev–Trinajstić information content (AvgIpc) is 2.45. The molecule has 2 aromatic carbocycles. The third kappa shape index (κ3) is 3.20. The van der Waals surface area contributed by atoms with Gasteiger partial charge >= 0.3 is 0 Å². The number of halogens is 2. The van der Waals surface area contributed by atoms with Crippen molar-refractivity contribution in [2.75, 3.05) is 14.2 Å². The van der Waals surface area contributed by atoms with Crippen LogP contribution in [0.2, 0.25) is 5.02 Å². The van der Waals surface area contributed by atoms with Crippen LogP contribution >= 0.6 is 11.6 Å². The first kappa shape index (κ1) is 15.8. The molecule has 0 saturated carbocycles. The molecular formula is C17H19ClFNO. The molecule has 1 atom stereocenters. The quantitative estimate of drug-likeness (QED) is 0.903. The average molecular weight is 308 g/mol. The first-order valence-corrected chi connectivity index (χ1v) is 7.13. The zero-order valence-corrected chi connectivity index (χ0v) is 13.4. The molecule has 4 heteroatoms. The molecule has 2 nitrogen and oxygen atoms in total. The summed E-state index contributed by atoms with van der Waals surface area (Å²) in [5.74, 6) is 0.526. The van der Waals surface area contributed by atoms with E-state index >= 15 is 0 Å². The molecule has 1 unspecified atom stereocenters. The Morgan fingerprint density at radius 1 is 1.10 bits per heavy atom. The highest BCUT2D eigenvalue weighted by molar-refractivity contribution is 6.31. The minimum absolute atomic E-state index is 0.0947. The SMILES string of the molecule is CNC(c1cc(C)c(OC)cc1C)c1ccc(F)cc1Cl. The number of aryl methyl sites for hydroxylation is 2. The van der Waals surface area contributed by atoms with Gasteiger partial charge in [-0.3, -0.25) is 0 Å². The van der Waals surface area contributed by atoms with Crippen molar-refractivity contribution in [3.63, 3.8) is 0 Å². The van der Waals surface area contributed by atoms with E-state index in [9.17, 15) is 4.39 Å². The van der Waals surface area contributed by atoms with Crippen molar-refractivity contribution in [3.8, 4) is 5.75 Å². The van der Waals surface area contributed by atoms with Crippen molar-refractivity contribution in [3.05, 3.63) is 63.4 Å². The second-order valence-electron chi connectivity index (χ2n) is 5.07. The second-order valence-corrected chi connectivity index (χ2v) is 5.47. The summed E-state index contributed by atoms with van der Waals surface area (Å²) in [7, 11) is 3.52. The Bertz CT molecular complexity index is 657. The van der Waals surface area contributed by atoms with Gasteiger partial charge in [0.15, 0.2) is 0 Å². The molecule has 0 saturated heterocycles. The van der Waals surface area contributed by atoms with Crippen LogP contribution in [0.15, 0.2) is 30.3 Å². The number of ether oxygens (including phenoxy) is 1. The fraction of sp³-hybridized carbons (Fsp3) is 0.294. The van der Waals surface area contributed by atoms with Crippen LogP contribution in [0.5, 0.6) is 5.75 Å². The maximum absolute atomic E-state index is 13.2. The van der Waals surface area contributed by atoms with E-state index in [0.29, 0.717) is 5.02 Å². The summed E-state index contributed by atoms with van der Waals surface area (Å²) < 4.78 is 18.6. The van der Waals surface area contributed by atoms with Crippen LogP contribution in [0.4, 0.5) is 4.39 Å². The smallest absolute Gasteiger partial charge is 0.124 e. The molecule has 0 bridgehead atoms. The molecule has 2 rings (SSSR count). The largest absolute Gasteiger partial charge is 0.496 e. The van der Waals surface area contributed by atoms with E-state index in [0.717, 1.165) is 28.0 Å². The van der Waals surface area contributed by atoms with E-state index < -0.39 is 0 Å². The highest BCUT2D eigenvalue weighted by Crippen LogP contribution is 2.33. The molecule has 0 aliphatic heterocycles. The lowest BCUT2D eigenvalue weighted by Crippen LogP contribution is -2.19. The molecule has 0 heterocycles. The van der Waals surface area contributed by atoms with E-state index in [2.05, 4.69) is 11.4 Å². The zero-order chi connectivity index (χ0) is 15.6. The molecule has 112 valence electrons. The van der Waals surface area contributed by atoms with Gasteiger partial charge in [0.2, 0.25) is 0 Å². The van der Waals surface area contributed by atoms with Crippen LogP contribution in [-0.4, -0.2) is 14.2 Å². The highest BCUT2D eigenvalue weighted by Gasteiger charge is 2.19. The number of hydrogen-bond donors (Lipinski definition) is 1. The van der Waals surface area contributed by atoms with Crippen LogP contribution in [0.1, 0.15) is 28.3 Å². The molecule has 0 spiro atoms. The van der Waals surface area contributed by atoms with Gasteiger partial charge in [0.05, 0.1) is 13.2 Å². The van der Waals surface area contributed by atoms with Crippen LogP contribution in [0.3, 0.4) is 0 Å². The molecule has 0 fully saturated rings. The molecule has 21 heavy (non-hydrogen) atoms. The molecule has 2 aromatic rings. The summed E-state index contributed by atoms with van der Waals surface area (Å²) in [6.45, 7) is 4.03. The van der Waals surface area contributed by atoms with Crippen LogP contribution in [-0.2, 0) is 0 Å². The van der Waals surface area contributed by atoms with E-state index in [4.69, 9.17) is 16.3 Å². The summed E-state index contributed by atoms with van der Waals surface area (Å²) in [6, 6.07) is 8.48. The maximum Gasteiger partial charge on any atom is 0.124 e. The maximum atomic E-state index is 13.2. The van der Waals surface area contributed by atoms with Crippen molar-refractivity contribution in [1.82, 2.24) is 5.32 Å². The highest BCUT2D eigenvalue weighted by atomic mass is 35.5. The topological polar surface area (TPSA) is 21.3 Å². The fourth-order valence-corrected chi connectivity index (χ4v) is 2.83. The van der Waals surface area contributed by atoms with Gasteiger partial charge < -0.3 is 10.1 Å². The Hall–Kier alpha value is -1.58. The van der Waals surface area contributed by atoms with Gasteiger partial charge in [0, 0.05) is 5.02 Å². The first-order chi connectivity index (χ1) is 9.97. The molecular weight excluding hydrogens is 289 g/mol. The third-order valence-electron chi connectivity index (χ3n) is 3.66. The molecule has 0 aliphatic carbocycles. The lowest BCUT2D eigenvalue weighted by Gasteiger charge is -2.22. The predicted molar refractivity (Wildman–Crippen MR) is 84.8 cm³/mol. The number of hydrogen-bond acceptors (Lipinski definition) is 2. The Balaban J connectivity index is 2.53. The van der Waals surface area contributed by atoms with Crippen LogP contribution in [0.25, 0.3) is 0 Å². The van der Waals surface area contributed by atoms with E-state index in [1.807, 2.05) is 27.0 Å². The minimum Gasteiger partial charge on any atom is -0.496 e.